The SMILES string of the molecule is CCc1ccccc1N1C[C@H](C(=O)O[C@H](C)C(=O)Nc2ccc(C)cc2)CC1=O. The Hall–Kier alpha value is -3.15. The topological polar surface area (TPSA) is 75.7 Å². The van der Waals surface area contributed by atoms with Gasteiger partial charge in [-0.25, -0.2) is 0 Å². The van der Waals surface area contributed by atoms with Gasteiger partial charge in [0, 0.05) is 24.3 Å². The normalized spacial score (nSPS) is 17.1. The molecule has 1 heterocycles. The number of carbonyl (C=O) groups is 3. The molecule has 152 valence electrons. The van der Waals surface area contributed by atoms with E-state index in [1.807, 2.05) is 50.2 Å². The Morgan fingerprint density at radius 1 is 1.17 bits per heavy atom. The molecule has 29 heavy (non-hydrogen) atoms. The largest absolute Gasteiger partial charge is 0.452 e. The van der Waals surface area contributed by atoms with Crippen LogP contribution in [0.2, 0.25) is 0 Å². The first-order valence-electron chi connectivity index (χ1n) is 9.85. The minimum Gasteiger partial charge on any atom is -0.452 e. The van der Waals surface area contributed by atoms with E-state index in [0.29, 0.717) is 5.69 Å². The van der Waals surface area contributed by atoms with E-state index in [0.717, 1.165) is 23.2 Å². The highest BCUT2D eigenvalue weighted by Crippen LogP contribution is 2.29. The molecule has 0 aliphatic carbocycles. The summed E-state index contributed by atoms with van der Waals surface area (Å²) >= 11 is 0. The predicted molar refractivity (Wildman–Crippen MR) is 112 cm³/mol. The maximum atomic E-state index is 12.6. The van der Waals surface area contributed by atoms with Crippen LogP contribution in [-0.4, -0.2) is 30.4 Å². The van der Waals surface area contributed by atoms with E-state index in [1.165, 1.54) is 6.92 Å². The molecule has 0 aromatic heterocycles. The molecule has 1 N–H and O–H groups in total. The standard InChI is InChI=1S/C23H26N2O4/c1-4-17-7-5-6-8-20(17)25-14-18(13-21(25)26)23(28)29-16(3)22(27)24-19-11-9-15(2)10-12-19/h5-12,16,18H,4,13-14H2,1-3H3,(H,24,27)/t16-,18-/m1/s1. The lowest BCUT2D eigenvalue weighted by molar-refractivity contribution is -0.157. The summed E-state index contributed by atoms with van der Waals surface area (Å²) in [5.41, 5.74) is 3.62. The fourth-order valence-corrected chi connectivity index (χ4v) is 3.38. The Bertz CT molecular complexity index is 907. The molecule has 2 amide bonds. The molecule has 6 nitrogen and oxygen atoms in total. The van der Waals surface area contributed by atoms with Crippen molar-refractivity contribution in [2.75, 3.05) is 16.8 Å². The summed E-state index contributed by atoms with van der Waals surface area (Å²) in [6, 6.07) is 15.0. The van der Waals surface area contributed by atoms with Gasteiger partial charge in [-0.2, -0.15) is 0 Å². The van der Waals surface area contributed by atoms with Gasteiger partial charge in [0.25, 0.3) is 5.91 Å². The summed E-state index contributed by atoms with van der Waals surface area (Å²) in [5.74, 6) is -1.62. The van der Waals surface area contributed by atoms with E-state index in [-0.39, 0.29) is 18.9 Å². The van der Waals surface area contributed by atoms with Gasteiger partial charge in [0.15, 0.2) is 6.10 Å². The van der Waals surface area contributed by atoms with Crippen molar-refractivity contribution in [1.29, 1.82) is 0 Å². The Labute approximate surface area is 170 Å². The Morgan fingerprint density at radius 3 is 2.55 bits per heavy atom. The molecule has 0 bridgehead atoms. The van der Waals surface area contributed by atoms with Crippen LogP contribution in [0.1, 0.15) is 31.4 Å². The van der Waals surface area contributed by atoms with E-state index in [1.54, 1.807) is 17.0 Å². The number of aryl methyl sites for hydroxylation is 2. The zero-order valence-electron chi connectivity index (χ0n) is 17.0. The lowest BCUT2D eigenvalue weighted by Gasteiger charge is -2.20. The number of para-hydroxylation sites is 1. The average molecular weight is 394 g/mol. The molecular weight excluding hydrogens is 368 g/mol. The highest BCUT2D eigenvalue weighted by atomic mass is 16.5. The molecule has 1 saturated heterocycles. The maximum absolute atomic E-state index is 12.6. The summed E-state index contributed by atoms with van der Waals surface area (Å²) in [5, 5.41) is 2.73. The van der Waals surface area contributed by atoms with Crippen molar-refractivity contribution >= 4 is 29.2 Å². The minimum atomic E-state index is -0.948. The zero-order chi connectivity index (χ0) is 21.0. The number of ether oxygens (including phenoxy) is 1. The first-order valence-corrected chi connectivity index (χ1v) is 9.85. The smallest absolute Gasteiger partial charge is 0.312 e. The van der Waals surface area contributed by atoms with E-state index in [9.17, 15) is 14.4 Å². The monoisotopic (exact) mass is 394 g/mol. The molecule has 0 saturated carbocycles. The van der Waals surface area contributed by atoms with Crippen LogP contribution < -0.4 is 10.2 Å². The highest BCUT2D eigenvalue weighted by molar-refractivity contribution is 6.01. The zero-order valence-corrected chi connectivity index (χ0v) is 17.0. The third kappa shape index (κ3) is 4.83. The number of rotatable bonds is 6. The van der Waals surface area contributed by atoms with E-state index in [4.69, 9.17) is 4.74 Å². The van der Waals surface area contributed by atoms with Crippen LogP contribution in [0.5, 0.6) is 0 Å². The predicted octanol–water partition coefficient (Wildman–Crippen LogP) is 3.48. The first-order chi connectivity index (χ1) is 13.9. The summed E-state index contributed by atoms with van der Waals surface area (Å²) in [6.07, 6.45) is -0.0649. The Balaban J connectivity index is 1.60. The van der Waals surface area contributed by atoms with Crippen molar-refractivity contribution in [3.8, 4) is 0 Å². The summed E-state index contributed by atoms with van der Waals surface area (Å²) in [6.45, 7) is 5.78. The van der Waals surface area contributed by atoms with E-state index >= 15 is 0 Å². The summed E-state index contributed by atoms with van der Waals surface area (Å²) in [4.78, 5) is 39.0. The van der Waals surface area contributed by atoms with Gasteiger partial charge < -0.3 is 15.0 Å². The van der Waals surface area contributed by atoms with Gasteiger partial charge in [-0.3, -0.25) is 14.4 Å². The molecule has 6 heteroatoms. The van der Waals surface area contributed by atoms with Gasteiger partial charge in [-0.1, -0.05) is 42.8 Å². The number of anilines is 2. The van der Waals surface area contributed by atoms with Gasteiger partial charge >= 0.3 is 5.97 Å². The maximum Gasteiger partial charge on any atom is 0.312 e. The Kier molecular flexibility index (Phi) is 6.32. The summed E-state index contributed by atoms with van der Waals surface area (Å²) in [7, 11) is 0. The second-order valence-corrected chi connectivity index (χ2v) is 7.32. The van der Waals surface area contributed by atoms with Crippen LogP contribution in [0.25, 0.3) is 0 Å². The van der Waals surface area contributed by atoms with Crippen LogP contribution in [-0.2, 0) is 25.5 Å². The quantitative estimate of drug-likeness (QED) is 0.761. The van der Waals surface area contributed by atoms with Crippen LogP contribution in [0, 0.1) is 12.8 Å². The van der Waals surface area contributed by atoms with Crippen LogP contribution in [0.3, 0.4) is 0 Å². The third-order valence-electron chi connectivity index (χ3n) is 5.10. The van der Waals surface area contributed by atoms with Crippen molar-refractivity contribution < 1.29 is 19.1 Å². The fraction of sp³-hybridized carbons (Fsp3) is 0.348. The molecule has 1 aliphatic rings. The number of benzene rings is 2. The molecule has 1 aliphatic heterocycles. The van der Waals surface area contributed by atoms with Crippen molar-refractivity contribution in [3.63, 3.8) is 0 Å². The molecule has 1 fully saturated rings. The molecule has 3 rings (SSSR count). The number of esters is 1. The van der Waals surface area contributed by atoms with Crippen molar-refractivity contribution in [2.24, 2.45) is 5.92 Å². The number of nitrogens with one attached hydrogen (secondary N) is 1. The minimum absolute atomic E-state index is 0.0865. The van der Waals surface area contributed by atoms with Crippen molar-refractivity contribution in [1.82, 2.24) is 0 Å². The van der Waals surface area contributed by atoms with Crippen LogP contribution in [0.15, 0.2) is 48.5 Å². The molecule has 0 radical (unpaired) electrons. The van der Waals surface area contributed by atoms with Gasteiger partial charge in [-0.15, -0.1) is 0 Å². The number of hydrogen-bond acceptors (Lipinski definition) is 4. The first kappa shape index (κ1) is 20.6. The van der Waals surface area contributed by atoms with Gasteiger partial charge in [0.2, 0.25) is 5.91 Å². The lowest BCUT2D eigenvalue weighted by Crippen LogP contribution is -2.33. The molecule has 2 atom stereocenters. The second kappa shape index (κ2) is 8.90. The third-order valence-corrected chi connectivity index (χ3v) is 5.10. The molecule has 0 unspecified atom stereocenters. The summed E-state index contributed by atoms with van der Waals surface area (Å²) < 4.78 is 5.35. The van der Waals surface area contributed by atoms with Gasteiger partial charge in [0.1, 0.15) is 0 Å². The van der Waals surface area contributed by atoms with E-state index in [2.05, 4.69) is 5.32 Å². The lowest BCUT2D eigenvalue weighted by atomic mass is 10.1. The van der Waals surface area contributed by atoms with Crippen LogP contribution in [0.4, 0.5) is 11.4 Å². The molecule has 0 spiro atoms. The van der Waals surface area contributed by atoms with Gasteiger partial charge in [-0.05, 0) is 44.0 Å². The molecular formula is C23H26N2O4. The Morgan fingerprint density at radius 2 is 1.86 bits per heavy atom. The highest BCUT2D eigenvalue weighted by Gasteiger charge is 2.37. The number of carbonyl (C=O) groups excluding carboxylic acids is 3. The van der Waals surface area contributed by atoms with Crippen molar-refractivity contribution in [2.45, 2.75) is 39.7 Å². The molecule has 2 aromatic rings. The van der Waals surface area contributed by atoms with Crippen LogP contribution >= 0.6 is 0 Å². The van der Waals surface area contributed by atoms with Gasteiger partial charge in [0.05, 0.1) is 5.92 Å². The average Bonchev–Trinajstić information content (AvgIpc) is 3.11. The van der Waals surface area contributed by atoms with E-state index < -0.39 is 23.9 Å². The second-order valence-electron chi connectivity index (χ2n) is 7.32. The number of hydrogen-bond donors (Lipinski definition) is 1. The fourth-order valence-electron chi connectivity index (χ4n) is 3.38. The van der Waals surface area contributed by atoms with Crippen molar-refractivity contribution in [3.05, 3.63) is 59.7 Å². The number of amides is 2. The number of nitrogens with zero attached hydrogens (tertiary/aromatic N) is 1. The molecule has 2 aromatic carbocycles.